The quantitative estimate of drug-likeness (QED) is 0.579. The highest BCUT2D eigenvalue weighted by molar-refractivity contribution is 5.74. The second-order valence-corrected chi connectivity index (χ2v) is 6.57. The van der Waals surface area contributed by atoms with Crippen molar-refractivity contribution in [2.45, 2.75) is 89.2 Å². The Kier molecular flexibility index (Phi) is 7.94. The lowest BCUT2D eigenvalue weighted by Gasteiger charge is -2.22. The lowest BCUT2D eigenvalue weighted by atomic mass is 9.98. The number of amides is 2. The summed E-state index contributed by atoms with van der Waals surface area (Å²) in [6.45, 7) is 1.49. The Balaban J connectivity index is 1.46. The molecule has 0 spiro atoms. The molecule has 0 bridgehead atoms. The van der Waals surface area contributed by atoms with Crippen molar-refractivity contribution in [2.24, 2.45) is 0 Å². The molecule has 0 aromatic rings. The molecule has 0 aliphatic heterocycles. The topological polar surface area (TPSA) is 50.4 Å². The SMILES string of the molecule is O=C(NCCCOC1CCCCC1)NC1CCCCCC1. The highest BCUT2D eigenvalue weighted by atomic mass is 16.5. The van der Waals surface area contributed by atoms with Crippen molar-refractivity contribution in [1.82, 2.24) is 10.6 Å². The third-order valence-corrected chi connectivity index (χ3v) is 4.70. The summed E-state index contributed by atoms with van der Waals surface area (Å²) in [5, 5.41) is 6.07. The van der Waals surface area contributed by atoms with Gasteiger partial charge in [0.05, 0.1) is 6.10 Å². The van der Waals surface area contributed by atoms with Gasteiger partial charge in [-0.2, -0.15) is 0 Å². The lowest BCUT2D eigenvalue weighted by Crippen LogP contribution is -2.42. The van der Waals surface area contributed by atoms with Crippen LogP contribution < -0.4 is 10.6 Å². The van der Waals surface area contributed by atoms with Crippen LogP contribution in [0.1, 0.15) is 77.0 Å². The van der Waals surface area contributed by atoms with Gasteiger partial charge in [0, 0.05) is 19.2 Å². The first-order valence-corrected chi connectivity index (χ1v) is 9.00. The van der Waals surface area contributed by atoms with E-state index in [1.807, 2.05) is 0 Å². The number of hydrogen-bond donors (Lipinski definition) is 2. The molecule has 0 heterocycles. The van der Waals surface area contributed by atoms with Gasteiger partial charge in [0.2, 0.25) is 0 Å². The standard InChI is InChI=1S/C17H32N2O2/c20-17(19-15-9-4-1-2-5-10-15)18-13-8-14-21-16-11-6-3-7-12-16/h15-16H,1-14H2,(H2,18,19,20). The van der Waals surface area contributed by atoms with Crippen LogP contribution in [-0.4, -0.2) is 31.3 Å². The van der Waals surface area contributed by atoms with Crippen molar-refractivity contribution in [1.29, 1.82) is 0 Å². The van der Waals surface area contributed by atoms with Crippen LogP contribution in [0.25, 0.3) is 0 Å². The molecule has 2 saturated carbocycles. The summed E-state index contributed by atoms with van der Waals surface area (Å²) in [7, 11) is 0. The number of carbonyl (C=O) groups excluding carboxylic acids is 1. The van der Waals surface area contributed by atoms with Gasteiger partial charge in [-0.25, -0.2) is 4.79 Å². The molecule has 2 aliphatic rings. The Morgan fingerprint density at radius 1 is 0.905 bits per heavy atom. The maximum Gasteiger partial charge on any atom is 0.315 e. The summed E-state index contributed by atoms with van der Waals surface area (Å²) >= 11 is 0. The van der Waals surface area contributed by atoms with E-state index < -0.39 is 0 Å². The van der Waals surface area contributed by atoms with E-state index in [1.165, 1.54) is 57.8 Å². The smallest absolute Gasteiger partial charge is 0.315 e. The van der Waals surface area contributed by atoms with Gasteiger partial charge >= 0.3 is 6.03 Å². The van der Waals surface area contributed by atoms with Crippen LogP contribution in [0.2, 0.25) is 0 Å². The molecule has 0 aromatic heterocycles. The van der Waals surface area contributed by atoms with E-state index in [9.17, 15) is 4.79 Å². The van der Waals surface area contributed by atoms with Crippen LogP contribution in [0, 0.1) is 0 Å². The molecule has 2 rings (SSSR count). The molecule has 2 N–H and O–H groups in total. The van der Waals surface area contributed by atoms with Crippen molar-refractivity contribution < 1.29 is 9.53 Å². The average molecular weight is 296 g/mol. The van der Waals surface area contributed by atoms with Crippen LogP contribution in [0.15, 0.2) is 0 Å². The minimum atomic E-state index is -0.000401. The van der Waals surface area contributed by atoms with Crippen molar-refractivity contribution in [3.05, 3.63) is 0 Å². The Bertz CT molecular complexity index is 283. The molecule has 0 saturated heterocycles. The Morgan fingerprint density at radius 3 is 2.24 bits per heavy atom. The maximum absolute atomic E-state index is 11.8. The molecular weight excluding hydrogens is 264 g/mol. The molecule has 0 radical (unpaired) electrons. The normalized spacial score (nSPS) is 21.7. The fourth-order valence-corrected chi connectivity index (χ4v) is 3.42. The average Bonchev–Trinajstić information content (AvgIpc) is 2.76. The molecule has 4 heteroatoms. The maximum atomic E-state index is 11.8. The summed E-state index contributed by atoms with van der Waals surface area (Å²) in [6, 6.07) is 0.380. The van der Waals surface area contributed by atoms with Crippen molar-refractivity contribution >= 4 is 6.03 Å². The molecular formula is C17H32N2O2. The predicted molar refractivity (Wildman–Crippen MR) is 85.5 cm³/mol. The van der Waals surface area contributed by atoms with Crippen LogP contribution in [-0.2, 0) is 4.74 Å². The Hall–Kier alpha value is -0.770. The van der Waals surface area contributed by atoms with E-state index in [1.54, 1.807) is 0 Å². The molecule has 4 nitrogen and oxygen atoms in total. The fraction of sp³-hybridized carbons (Fsp3) is 0.941. The number of rotatable bonds is 6. The molecule has 0 unspecified atom stereocenters. The largest absolute Gasteiger partial charge is 0.378 e. The fourth-order valence-electron chi connectivity index (χ4n) is 3.42. The van der Waals surface area contributed by atoms with E-state index in [-0.39, 0.29) is 6.03 Å². The molecule has 0 aromatic carbocycles. The van der Waals surface area contributed by atoms with Gasteiger partial charge < -0.3 is 15.4 Å². The molecule has 21 heavy (non-hydrogen) atoms. The highest BCUT2D eigenvalue weighted by Crippen LogP contribution is 2.20. The van der Waals surface area contributed by atoms with Gasteiger partial charge in [0.25, 0.3) is 0 Å². The van der Waals surface area contributed by atoms with Gasteiger partial charge in [0.15, 0.2) is 0 Å². The van der Waals surface area contributed by atoms with Crippen molar-refractivity contribution in [3.8, 4) is 0 Å². The van der Waals surface area contributed by atoms with Crippen molar-refractivity contribution in [2.75, 3.05) is 13.2 Å². The molecule has 2 amide bonds. The summed E-state index contributed by atoms with van der Waals surface area (Å²) in [5.74, 6) is 0. The Labute approximate surface area is 129 Å². The predicted octanol–water partition coefficient (Wildman–Crippen LogP) is 3.75. The van der Waals surface area contributed by atoms with Crippen LogP contribution >= 0.6 is 0 Å². The molecule has 0 atom stereocenters. The van der Waals surface area contributed by atoms with Crippen LogP contribution in [0.4, 0.5) is 4.79 Å². The first-order chi connectivity index (χ1) is 10.3. The van der Waals surface area contributed by atoms with E-state index >= 15 is 0 Å². The third-order valence-electron chi connectivity index (χ3n) is 4.70. The van der Waals surface area contributed by atoms with E-state index in [0.29, 0.717) is 18.7 Å². The van der Waals surface area contributed by atoms with Crippen LogP contribution in [0.3, 0.4) is 0 Å². The first kappa shape index (κ1) is 16.6. The van der Waals surface area contributed by atoms with E-state index in [0.717, 1.165) is 25.9 Å². The van der Waals surface area contributed by atoms with Gasteiger partial charge in [-0.1, -0.05) is 44.9 Å². The molecule has 2 fully saturated rings. The second-order valence-electron chi connectivity index (χ2n) is 6.57. The zero-order chi connectivity index (χ0) is 14.8. The lowest BCUT2D eigenvalue weighted by molar-refractivity contribution is 0.0275. The summed E-state index contributed by atoms with van der Waals surface area (Å²) < 4.78 is 5.86. The van der Waals surface area contributed by atoms with Gasteiger partial charge in [0.1, 0.15) is 0 Å². The Morgan fingerprint density at radius 2 is 1.52 bits per heavy atom. The summed E-state index contributed by atoms with van der Waals surface area (Å²) in [6.07, 6.45) is 15.2. The first-order valence-electron chi connectivity index (χ1n) is 9.00. The number of nitrogens with one attached hydrogen (secondary N) is 2. The van der Waals surface area contributed by atoms with Crippen LogP contribution in [0.5, 0.6) is 0 Å². The summed E-state index contributed by atoms with van der Waals surface area (Å²) in [5.41, 5.74) is 0. The third kappa shape index (κ3) is 7.16. The number of urea groups is 1. The van der Waals surface area contributed by atoms with Gasteiger partial charge in [-0.15, -0.1) is 0 Å². The number of hydrogen-bond acceptors (Lipinski definition) is 2. The molecule has 2 aliphatic carbocycles. The second kappa shape index (κ2) is 10.0. The van der Waals surface area contributed by atoms with Gasteiger partial charge in [-0.05, 0) is 32.1 Å². The zero-order valence-corrected chi connectivity index (χ0v) is 13.4. The van der Waals surface area contributed by atoms with E-state index in [4.69, 9.17) is 4.74 Å². The zero-order valence-electron chi connectivity index (χ0n) is 13.4. The minimum absolute atomic E-state index is 0.000401. The number of ether oxygens (including phenoxy) is 1. The molecule has 122 valence electrons. The van der Waals surface area contributed by atoms with E-state index in [2.05, 4.69) is 10.6 Å². The number of carbonyl (C=O) groups is 1. The monoisotopic (exact) mass is 296 g/mol. The van der Waals surface area contributed by atoms with Gasteiger partial charge in [-0.3, -0.25) is 0 Å². The van der Waals surface area contributed by atoms with Crippen molar-refractivity contribution in [3.63, 3.8) is 0 Å². The summed E-state index contributed by atoms with van der Waals surface area (Å²) in [4.78, 5) is 11.8. The highest BCUT2D eigenvalue weighted by Gasteiger charge is 2.15. The minimum Gasteiger partial charge on any atom is -0.378 e.